The van der Waals surface area contributed by atoms with E-state index in [-0.39, 0.29) is 49.3 Å². The molecule has 0 spiro atoms. The average molecular weight is 492 g/mol. The Morgan fingerprint density at radius 3 is 2.57 bits per heavy atom. The van der Waals surface area contributed by atoms with Crippen LogP contribution in [0, 0.1) is 12.8 Å². The highest BCUT2D eigenvalue weighted by Crippen LogP contribution is 2.21. The van der Waals surface area contributed by atoms with E-state index in [0.717, 1.165) is 0 Å². The van der Waals surface area contributed by atoms with E-state index in [4.69, 9.17) is 4.74 Å². The number of fused-ring (bicyclic) bond motifs is 1. The second-order valence-electron chi connectivity index (χ2n) is 9.63. The van der Waals surface area contributed by atoms with Crippen LogP contribution in [0.1, 0.15) is 57.7 Å². The number of aryl methyl sites for hydroxylation is 1. The van der Waals surface area contributed by atoms with Gasteiger partial charge in [0.2, 0.25) is 17.7 Å². The normalized spacial score (nSPS) is 22.7. The Labute approximate surface area is 205 Å². The van der Waals surface area contributed by atoms with Crippen LogP contribution in [-0.2, 0) is 25.7 Å². The number of aromatic nitrogens is 3. The largest absolute Gasteiger partial charge is 0.448 e. The molecule has 0 bridgehead atoms. The molecular weight excluding hydrogens is 454 g/mol. The number of amides is 4. The number of rotatable bonds is 4. The zero-order chi connectivity index (χ0) is 25.7. The van der Waals surface area contributed by atoms with E-state index in [9.17, 15) is 19.2 Å². The maximum absolute atomic E-state index is 13.1. The SMILES string of the molecule is Cc1nc2n(n1)CCN(C(=O)CN1CCOC1=O)CCCC(=O)N(C)[C@@H](C)C(=O)N[C@@H]2CC(C)C. The van der Waals surface area contributed by atoms with Gasteiger partial charge in [0.25, 0.3) is 0 Å². The van der Waals surface area contributed by atoms with Crippen molar-refractivity contribution in [2.24, 2.45) is 5.92 Å². The molecule has 3 heterocycles. The van der Waals surface area contributed by atoms with E-state index in [1.807, 2.05) is 0 Å². The van der Waals surface area contributed by atoms with Crippen LogP contribution in [0.15, 0.2) is 0 Å². The molecule has 1 aromatic rings. The van der Waals surface area contributed by atoms with Crippen LogP contribution in [0.5, 0.6) is 0 Å². The van der Waals surface area contributed by atoms with Crippen LogP contribution in [0.4, 0.5) is 4.79 Å². The predicted octanol–water partition coefficient (Wildman–Crippen LogP) is 0.711. The Hall–Kier alpha value is -3.18. The molecule has 1 N–H and O–H groups in total. The molecule has 1 fully saturated rings. The number of nitrogens with one attached hydrogen (secondary N) is 1. The minimum Gasteiger partial charge on any atom is -0.448 e. The van der Waals surface area contributed by atoms with Gasteiger partial charge in [-0.25, -0.2) is 14.5 Å². The Kier molecular flexibility index (Phi) is 8.68. The minimum absolute atomic E-state index is 0.0704. The second kappa shape index (κ2) is 11.5. The first-order valence-electron chi connectivity index (χ1n) is 12.2. The zero-order valence-corrected chi connectivity index (χ0v) is 21.3. The molecule has 0 unspecified atom stereocenters. The van der Waals surface area contributed by atoms with E-state index in [1.54, 1.807) is 30.5 Å². The molecule has 194 valence electrons. The summed E-state index contributed by atoms with van der Waals surface area (Å²) in [7, 11) is 1.62. The van der Waals surface area contributed by atoms with Crippen molar-refractivity contribution in [3.8, 4) is 0 Å². The van der Waals surface area contributed by atoms with E-state index >= 15 is 0 Å². The second-order valence-corrected chi connectivity index (χ2v) is 9.63. The lowest BCUT2D eigenvalue weighted by Gasteiger charge is -2.29. The van der Waals surface area contributed by atoms with Crippen LogP contribution < -0.4 is 5.32 Å². The summed E-state index contributed by atoms with van der Waals surface area (Å²) in [4.78, 5) is 59.8. The molecule has 0 radical (unpaired) electrons. The van der Waals surface area contributed by atoms with E-state index in [2.05, 4.69) is 29.2 Å². The topological polar surface area (TPSA) is 130 Å². The Morgan fingerprint density at radius 2 is 1.91 bits per heavy atom. The van der Waals surface area contributed by atoms with E-state index < -0.39 is 12.1 Å². The Balaban J connectivity index is 1.88. The lowest BCUT2D eigenvalue weighted by Crippen LogP contribution is -2.48. The number of likely N-dealkylation sites (N-methyl/N-ethyl adjacent to an activating group) is 1. The first-order valence-corrected chi connectivity index (χ1v) is 12.2. The first-order chi connectivity index (χ1) is 16.6. The summed E-state index contributed by atoms with van der Waals surface area (Å²) >= 11 is 0. The monoisotopic (exact) mass is 491 g/mol. The third-order valence-corrected chi connectivity index (χ3v) is 6.42. The van der Waals surface area contributed by atoms with Gasteiger partial charge in [-0.2, -0.15) is 5.10 Å². The summed E-state index contributed by atoms with van der Waals surface area (Å²) in [5.41, 5.74) is 0. The van der Waals surface area contributed by atoms with Gasteiger partial charge in [-0.15, -0.1) is 0 Å². The molecule has 0 saturated carbocycles. The highest BCUT2D eigenvalue weighted by molar-refractivity contribution is 5.87. The van der Waals surface area contributed by atoms with Gasteiger partial charge in [-0.1, -0.05) is 13.8 Å². The van der Waals surface area contributed by atoms with Gasteiger partial charge in [-0.3, -0.25) is 19.3 Å². The molecule has 3 rings (SSSR count). The van der Waals surface area contributed by atoms with Gasteiger partial charge in [-0.05, 0) is 32.6 Å². The quantitative estimate of drug-likeness (QED) is 0.656. The summed E-state index contributed by atoms with van der Waals surface area (Å²) in [6, 6.07) is -1.04. The zero-order valence-electron chi connectivity index (χ0n) is 21.3. The molecule has 1 aromatic heterocycles. The van der Waals surface area contributed by atoms with Crippen LogP contribution in [-0.4, -0.2) is 99.2 Å². The van der Waals surface area contributed by atoms with Crippen molar-refractivity contribution < 1.29 is 23.9 Å². The van der Waals surface area contributed by atoms with Crippen LogP contribution in [0.3, 0.4) is 0 Å². The molecular formula is C23H37N7O5. The van der Waals surface area contributed by atoms with Gasteiger partial charge in [0.15, 0.2) is 0 Å². The van der Waals surface area contributed by atoms with E-state index in [0.29, 0.717) is 50.7 Å². The predicted molar refractivity (Wildman–Crippen MR) is 126 cm³/mol. The van der Waals surface area contributed by atoms with Crippen molar-refractivity contribution in [1.82, 2.24) is 34.8 Å². The number of carbonyl (C=O) groups excluding carboxylic acids is 4. The maximum atomic E-state index is 13.1. The number of carbonyl (C=O) groups is 4. The van der Waals surface area contributed by atoms with Crippen molar-refractivity contribution in [2.75, 3.05) is 39.8 Å². The molecule has 4 amide bonds. The maximum Gasteiger partial charge on any atom is 0.410 e. The van der Waals surface area contributed by atoms with Gasteiger partial charge in [0.1, 0.15) is 30.8 Å². The number of hydrogen-bond acceptors (Lipinski definition) is 7. The molecule has 1 saturated heterocycles. The first kappa shape index (κ1) is 26.4. The fourth-order valence-corrected chi connectivity index (χ4v) is 4.29. The Bertz CT molecular complexity index is 947. The summed E-state index contributed by atoms with van der Waals surface area (Å²) in [5, 5.41) is 7.59. The minimum atomic E-state index is -0.656. The Morgan fingerprint density at radius 1 is 1.17 bits per heavy atom. The van der Waals surface area contributed by atoms with Crippen molar-refractivity contribution in [3.05, 3.63) is 11.6 Å². The number of cyclic esters (lactones) is 1. The molecule has 12 heteroatoms. The third kappa shape index (κ3) is 6.70. The molecule has 12 nitrogen and oxygen atoms in total. The van der Waals surface area contributed by atoms with E-state index in [1.165, 1.54) is 9.80 Å². The van der Waals surface area contributed by atoms with Gasteiger partial charge >= 0.3 is 6.09 Å². The third-order valence-electron chi connectivity index (χ3n) is 6.42. The summed E-state index contributed by atoms with van der Waals surface area (Å²) in [6.45, 7) is 9.26. The van der Waals surface area contributed by atoms with Crippen LogP contribution in [0.25, 0.3) is 0 Å². The van der Waals surface area contributed by atoms with Gasteiger partial charge < -0.3 is 19.9 Å². The van der Waals surface area contributed by atoms with Gasteiger partial charge in [0, 0.05) is 26.6 Å². The lowest BCUT2D eigenvalue weighted by atomic mass is 10.0. The molecule has 2 atom stereocenters. The lowest BCUT2D eigenvalue weighted by molar-refractivity contribution is -0.139. The number of ether oxygens (including phenoxy) is 1. The molecule has 0 aromatic carbocycles. The van der Waals surface area contributed by atoms with Gasteiger partial charge in [0.05, 0.1) is 19.1 Å². The average Bonchev–Trinajstić information content (AvgIpc) is 3.37. The van der Waals surface area contributed by atoms with Crippen LogP contribution in [0.2, 0.25) is 0 Å². The fourth-order valence-electron chi connectivity index (χ4n) is 4.29. The highest BCUT2D eigenvalue weighted by atomic mass is 16.6. The van der Waals surface area contributed by atoms with Crippen LogP contribution >= 0.6 is 0 Å². The summed E-state index contributed by atoms with van der Waals surface area (Å²) in [5.74, 6) is 0.849. The summed E-state index contributed by atoms with van der Waals surface area (Å²) in [6.07, 6.45) is 0.792. The van der Waals surface area contributed by atoms with Crippen molar-refractivity contribution >= 4 is 23.8 Å². The standard InChI is InChI=1S/C23H37N7O5/c1-15(2)13-18-21-24-17(4)26-30(21)10-9-28(20(32)14-29-11-12-35-23(29)34)8-6-7-19(31)27(5)16(3)22(33)25-18/h15-16,18H,6-14H2,1-5H3,(H,25,33)/t16-,18+/m0/s1. The highest BCUT2D eigenvalue weighted by Gasteiger charge is 2.30. The molecule has 2 aliphatic heterocycles. The molecule has 35 heavy (non-hydrogen) atoms. The number of nitrogens with zero attached hydrogens (tertiary/aromatic N) is 6. The van der Waals surface area contributed by atoms with Crippen molar-refractivity contribution in [3.63, 3.8) is 0 Å². The van der Waals surface area contributed by atoms with Crippen molar-refractivity contribution in [1.29, 1.82) is 0 Å². The fraction of sp³-hybridized carbons (Fsp3) is 0.739. The molecule has 0 aliphatic carbocycles. The number of hydrogen-bond donors (Lipinski definition) is 1. The van der Waals surface area contributed by atoms with Crippen molar-refractivity contribution in [2.45, 2.75) is 65.6 Å². The molecule has 2 aliphatic rings. The summed E-state index contributed by atoms with van der Waals surface area (Å²) < 4.78 is 6.69. The smallest absolute Gasteiger partial charge is 0.410 e.